The zero-order valence-electron chi connectivity index (χ0n) is 13.1. The predicted octanol–water partition coefficient (Wildman–Crippen LogP) is 2.89. The van der Waals surface area contributed by atoms with Crippen LogP contribution in [0.2, 0.25) is 0 Å². The summed E-state index contributed by atoms with van der Waals surface area (Å²) < 4.78 is 8.84. The zero-order valence-corrected chi connectivity index (χ0v) is 13.9. The smallest absolute Gasteiger partial charge is 0.249 e. The van der Waals surface area contributed by atoms with Crippen molar-refractivity contribution in [2.24, 2.45) is 5.92 Å². The fraction of sp³-hybridized carbons (Fsp3) is 0.500. The van der Waals surface area contributed by atoms with Gasteiger partial charge in [0.25, 0.3) is 0 Å². The molecule has 0 radical (unpaired) electrons. The third-order valence-electron chi connectivity index (χ3n) is 5.00. The van der Waals surface area contributed by atoms with Gasteiger partial charge in [-0.1, -0.05) is 36.2 Å². The van der Waals surface area contributed by atoms with Crippen LogP contribution in [0.5, 0.6) is 0 Å². The second kappa shape index (κ2) is 6.67. The van der Waals surface area contributed by atoms with E-state index in [1.807, 2.05) is 29.3 Å². The molecule has 0 aliphatic carbocycles. The van der Waals surface area contributed by atoms with Gasteiger partial charge < -0.3 is 4.74 Å². The van der Waals surface area contributed by atoms with E-state index in [0.717, 1.165) is 44.6 Å². The predicted molar refractivity (Wildman–Crippen MR) is 93.2 cm³/mol. The van der Waals surface area contributed by atoms with Crippen molar-refractivity contribution in [3.05, 3.63) is 42.1 Å². The monoisotopic (exact) mass is 330 g/mol. The number of ether oxygens (including phenoxy) is 1. The molecule has 4 rings (SSSR count). The molecule has 3 aliphatic rings. The van der Waals surface area contributed by atoms with Crippen molar-refractivity contribution in [3.63, 3.8) is 0 Å². The number of amides is 1. The highest BCUT2D eigenvalue weighted by atomic mass is 32.2. The first kappa shape index (κ1) is 15.2. The van der Waals surface area contributed by atoms with Gasteiger partial charge in [0.05, 0.1) is 11.7 Å². The molecule has 3 heterocycles. The fourth-order valence-corrected chi connectivity index (χ4v) is 4.96. The Morgan fingerprint density at radius 1 is 1.26 bits per heavy atom. The molecule has 5 heteroatoms. The normalized spacial score (nSPS) is 27.9. The number of hydrogen-bond donors (Lipinski definition) is 1. The first-order valence-electron chi connectivity index (χ1n) is 8.39. The lowest BCUT2D eigenvalue weighted by atomic mass is 9.92. The van der Waals surface area contributed by atoms with Crippen LogP contribution in [-0.4, -0.2) is 30.4 Å². The Labute approximate surface area is 141 Å². The molecule has 0 spiro atoms. The number of hydrogen-bond acceptors (Lipinski definition) is 4. The molecule has 23 heavy (non-hydrogen) atoms. The van der Waals surface area contributed by atoms with Gasteiger partial charge in [0.1, 0.15) is 0 Å². The summed E-state index contributed by atoms with van der Waals surface area (Å²) >= 11 is 1.75. The molecule has 122 valence electrons. The maximum Gasteiger partial charge on any atom is 0.249 e. The second-order valence-electron chi connectivity index (χ2n) is 6.44. The van der Waals surface area contributed by atoms with E-state index in [1.165, 1.54) is 5.56 Å². The van der Waals surface area contributed by atoms with Gasteiger partial charge in [-0.2, -0.15) is 0 Å². The van der Waals surface area contributed by atoms with E-state index >= 15 is 0 Å². The summed E-state index contributed by atoms with van der Waals surface area (Å²) in [5.41, 5.74) is 2.25. The Balaban J connectivity index is 1.45. The zero-order chi connectivity index (χ0) is 15.6. The lowest BCUT2D eigenvalue weighted by molar-refractivity contribution is -0.119. The third kappa shape index (κ3) is 3.05. The Hall–Kier alpha value is -1.30. The highest BCUT2D eigenvalue weighted by molar-refractivity contribution is 7.98. The van der Waals surface area contributed by atoms with Gasteiger partial charge in [0.2, 0.25) is 5.91 Å². The van der Waals surface area contributed by atoms with E-state index in [9.17, 15) is 4.79 Å². The number of carbonyl (C=O) groups is 1. The largest absolute Gasteiger partial charge is 0.381 e. The molecule has 4 nitrogen and oxygen atoms in total. The van der Waals surface area contributed by atoms with Crippen LogP contribution in [0.1, 0.15) is 24.8 Å². The van der Waals surface area contributed by atoms with Gasteiger partial charge in [0.15, 0.2) is 0 Å². The SMILES string of the molecule is O=C(C1CC(C2CCOCC2)SN1)N1C=CCc2ccccc21. The summed E-state index contributed by atoms with van der Waals surface area (Å²) in [6.07, 6.45) is 8.05. The second-order valence-corrected chi connectivity index (χ2v) is 7.51. The fourth-order valence-electron chi connectivity index (χ4n) is 3.67. The van der Waals surface area contributed by atoms with Gasteiger partial charge in [0, 0.05) is 24.7 Å². The molecule has 1 amide bonds. The van der Waals surface area contributed by atoms with Gasteiger partial charge in [-0.3, -0.25) is 14.4 Å². The Kier molecular flexibility index (Phi) is 4.42. The minimum Gasteiger partial charge on any atom is -0.381 e. The molecule has 2 fully saturated rings. The van der Waals surface area contributed by atoms with E-state index in [0.29, 0.717) is 11.2 Å². The molecule has 0 bridgehead atoms. The van der Waals surface area contributed by atoms with Crippen LogP contribution in [0.25, 0.3) is 0 Å². The quantitative estimate of drug-likeness (QED) is 0.847. The van der Waals surface area contributed by atoms with Crippen molar-refractivity contribution in [1.82, 2.24) is 4.72 Å². The van der Waals surface area contributed by atoms with Crippen LogP contribution in [0, 0.1) is 5.92 Å². The maximum absolute atomic E-state index is 13.0. The van der Waals surface area contributed by atoms with Crippen molar-refractivity contribution in [2.45, 2.75) is 37.0 Å². The van der Waals surface area contributed by atoms with E-state index in [4.69, 9.17) is 4.74 Å². The third-order valence-corrected chi connectivity index (χ3v) is 6.30. The highest BCUT2D eigenvalue weighted by Crippen LogP contribution is 2.36. The summed E-state index contributed by atoms with van der Waals surface area (Å²) in [7, 11) is 0. The summed E-state index contributed by atoms with van der Waals surface area (Å²) in [6.45, 7) is 1.73. The van der Waals surface area contributed by atoms with Crippen LogP contribution in [-0.2, 0) is 16.0 Å². The molecule has 2 unspecified atom stereocenters. The standard InChI is InChI=1S/C18H22N2O2S/c21-18(20-9-3-5-13-4-1-2-6-16(13)20)15-12-17(23-19-15)14-7-10-22-11-8-14/h1-4,6,9,14-15,17,19H,5,7-8,10-12H2. The summed E-state index contributed by atoms with van der Waals surface area (Å²) in [5.74, 6) is 0.832. The number of nitrogens with one attached hydrogen (secondary N) is 1. The molecule has 1 aromatic carbocycles. The van der Waals surface area contributed by atoms with E-state index in [2.05, 4.69) is 16.9 Å². The summed E-state index contributed by atoms with van der Waals surface area (Å²) in [4.78, 5) is 14.8. The molecule has 2 saturated heterocycles. The van der Waals surface area contributed by atoms with Crippen molar-refractivity contribution >= 4 is 23.5 Å². The molecule has 1 aromatic rings. The van der Waals surface area contributed by atoms with E-state index in [-0.39, 0.29) is 11.9 Å². The lowest BCUT2D eigenvalue weighted by Gasteiger charge is -2.28. The van der Waals surface area contributed by atoms with Crippen LogP contribution in [0.3, 0.4) is 0 Å². The summed E-state index contributed by atoms with van der Waals surface area (Å²) in [5, 5.41) is 0.525. The van der Waals surface area contributed by atoms with Gasteiger partial charge >= 0.3 is 0 Å². The Morgan fingerprint density at radius 2 is 2.09 bits per heavy atom. The van der Waals surface area contributed by atoms with Gasteiger partial charge in [-0.05, 0) is 43.2 Å². The summed E-state index contributed by atoms with van der Waals surface area (Å²) in [6, 6.07) is 8.07. The first-order valence-corrected chi connectivity index (χ1v) is 9.27. The molecule has 0 aromatic heterocycles. The number of para-hydroxylation sites is 1. The number of nitrogens with zero attached hydrogens (tertiary/aromatic N) is 1. The topological polar surface area (TPSA) is 41.6 Å². The minimum atomic E-state index is -0.0938. The van der Waals surface area contributed by atoms with Crippen LogP contribution < -0.4 is 9.62 Å². The molecule has 2 atom stereocenters. The number of carbonyl (C=O) groups excluding carboxylic acids is 1. The molecule has 1 N–H and O–H groups in total. The van der Waals surface area contributed by atoms with Crippen molar-refractivity contribution < 1.29 is 9.53 Å². The lowest BCUT2D eigenvalue weighted by Crippen LogP contribution is -2.41. The minimum absolute atomic E-state index is 0.0938. The first-order chi connectivity index (χ1) is 11.3. The molecule has 3 aliphatic heterocycles. The number of fused-ring (bicyclic) bond motifs is 1. The van der Waals surface area contributed by atoms with Gasteiger partial charge in [-0.15, -0.1) is 0 Å². The number of allylic oxidation sites excluding steroid dienone is 1. The number of benzene rings is 1. The highest BCUT2D eigenvalue weighted by Gasteiger charge is 2.37. The van der Waals surface area contributed by atoms with Crippen LogP contribution >= 0.6 is 11.9 Å². The maximum atomic E-state index is 13.0. The Morgan fingerprint density at radius 3 is 2.96 bits per heavy atom. The van der Waals surface area contributed by atoms with E-state index in [1.54, 1.807) is 11.9 Å². The molecular weight excluding hydrogens is 308 g/mol. The number of anilines is 1. The molecule has 0 saturated carbocycles. The molecular formula is C18H22N2O2S. The van der Waals surface area contributed by atoms with E-state index < -0.39 is 0 Å². The van der Waals surface area contributed by atoms with Crippen molar-refractivity contribution in [1.29, 1.82) is 0 Å². The van der Waals surface area contributed by atoms with Gasteiger partial charge in [-0.25, -0.2) is 0 Å². The average molecular weight is 330 g/mol. The number of rotatable bonds is 2. The van der Waals surface area contributed by atoms with Crippen molar-refractivity contribution in [3.8, 4) is 0 Å². The van der Waals surface area contributed by atoms with Crippen molar-refractivity contribution in [2.75, 3.05) is 18.1 Å². The average Bonchev–Trinajstić information content (AvgIpc) is 3.11. The van der Waals surface area contributed by atoms with Crippen LogP contribution in [0.15, 0.2) is 36.5 Å². The van der Waals surface area contributed by atoms with Crippen LogP contribution in [0.4, 0.5) is 5.69 Å². The Bertz CT molecular complexity index is 613.